The monoisotopic (exact) mass is 281 g/mol. The van der Waals surface area contributed by atoms with Crippen LogP contribution in [0.15, 0.2) is 16.7 Å². The molecule has 5 nitrogen and oxygen atoms in total. The van der Waals surface area contributed by atoms with Crippen molar-refractivity contribution in [2.24, 2.45) is 5.73 Å². The molecule has 0 radical (unpaired) electrons. The number of alkyl halides is 2. The zero-order valence-electron chi connectivity index (χ0n) is 7.23. The van der Waals surface area contributed by atoms with Crippen molar-refractivity contribution >= 4 is 21.6 Å². The highest BCUT2D eigenvalue weighted by Crippen LogP contribution is 2.27. The highest BCUT2D eigenvalue weighted by atomic mass is 79.9. The Morgan fingerprint density at radius 1 is 1.60 bits per heavy atom. The molecule has 1 aromatic rings. The fraction of sp³-hybridized carbons (Fsp3) is 0.286. The van der Waals surface area contributed by atoms with E-state index < -0.39 is 28.8 Å². The van der Waals surface area contributed by atoms with Crippen molar-refractivity contribution in [3.8, 4) is 0 Å². The molecule has 0 saturated carbocycles. The van der Waals surface area contributed by atoms with E-state index in [-0.39, 0.29) is 0 Å². The van der Waals surface area contributed by atoms with Gasteiger partial charge in [-0.15, -0.1) is 0 Å². The molecular weight excluding hydrogens is 276 g/mol. The van der Waals surface area contributed by atoms with E-state index >= 15 is 0 Å². The molecule has 0 fully saturated rings. The maximum Gasteiger partial charge on any atom is 0.293 e. The van der Waals surface area contributed by atoms with Crippen molar-refractivity contribution in [2.75, 3.05) is 0 Å². The van der Waals surface area contributed by atoms with E-state index in [0.29, 0.717) is 4.47 Å². The third-order valence-electron chi connectivity index (χ3n) is 1.65. The predicted octanol–water partition coefficient (Wildman–Crippen LogP) is 2.02. The van der Waals surface area contributed by atoms with Gasteiger partial charge in [0.1, 0.15) is 11.7 Å². The van der Waals surface area contributed by atoms with Crippen molar-refractivity contribution in [1.29, 1.82) is 0 Å². The molecule has 0 aliphatic rings. The van der Waals surface area contributed by atoms with Crippen LogP contribution in [0.25, 0.3) is 0 Å². The van der Waals surface area contributed by atoms with E-state index in [1.54, 1.807) is 0 Å². The SMILES string of the molecule is NC(c1ncc(Br)cc1[N+](=O)[O-])C(F)F. The maximum absolute atomic E-state index is 12.3. The van der Waals surface area contributed by atoms with Gasteiger partial charge in [0.15, 0.2) is 0 Å². The van der Waals surface area contributed by atoms with Gasteiger partial charge >= 0.3 is 0 Å². The lowest BCUT2D eigenvalue weighted by Crippen LogP contribution is -2.21. The molecule has 1 atom stereocenters. The minimum Gasteiger partial charge on any atom is -0.318 e. The largest absolute Gasteiger partial charge is 0.318 e. The van der Waals surface area contributed by atoms with Crippen LogP contribution in [0, 0.1) is 10.1 Å². The Bertz CT molecular complexity index is 388. The Hall–Kier alpha value is -1.15. The number of hydrogen-bond donors (Lipinski definition) is 1. The van der Waals surface area contributed by atoms with Crippen LogP contribution in [0.5, 0.6) is 0 Å². The van der Waals surface area contributed by atoms with Crippen LogP contribution in [-0.2, 0) is 0 Å². The molecule has 1 heterocycles. The summed E-state index contributed by atoms with van der Waals surface area (Å²) in [7, 11) is 0. The normalized spacial score (nSPS) is 12.9. The number of pyridine rings is 1. The molecule has 1 rings (SSSR count). The molecule has 0 spiro atoms. The van der Waals surface area contributed by atoms with Crippen molar-refractivity contribution in [2.45, 2.75) is 12.5 Å². The lowest BCUT2D eigenvalue weighted by atomic mass is 10.2. The second kappa shape index (κ2) is 4.58. The molecule has 1 aromatic heterocycles. The minimum atomic E-state index is -2.89. The van der Waals surface area contributed by atoms with Crippen LogP contribution in [0.4, 0.5) is 14.5 Å². The van der Waals surface area contributed by atoms with Gasteiger partial charge in [-0.2, -0.15) is 0 Å². The van der Waals surface area contributed by atoms with E-state index in [1.807, 2.05) is 0 Å². The first-order chi connectivity index (χ1) is 6.93. The summed E-state index contributed by atoms with van der Waals surface area (Å²) in [6.07, 6.45) is -1.71. The molecule has 8 heteroatoms. The molecule has 0 aliphatic heterocycles. The number of aromatic nitrogens is 1. The van der Waals surface area contributed by atoms with E-state index in [2.05, 4.69) is 20.9 Å². The van der Waals surface area contributed by atoms with Crippen molar-refractivity contribution in [3.63, 3.8) is 0 Å². The summed E-state index contributed by atoms with van der Waals surface area (Å²) in [5.74, 6) is 0. The standard InChI is InChI=1S/C7H6BrF2N3O2/c8-3-1-4(13(14)15)6(12-2-3)5(11)7(9)10/h1-2,5,7H,11H2. The lowest BCUT2D eigenvalue weighted by Gasteiger charge is -2.09. The quantitative estimate of drug-likeness (QED) is 0.679. The van der Waals surface area contributed by atoms with E-state index in [9.17, 15) is 18.9 Å². The van der Waals surface area contributed by atoms with Crippen LogP contribution >= 0.6 is 15.9 Å². The highest BCUT2D eigenvalue weighted by molar-refractivity contribution is 9.10. The van der Waals surface area contributed by atoms with Gasteiger partial charge in [0, 0.05) is 16.7 Å². The summed E-state index contributed by atoms with van der Waals surface area (Å²) in [6, 6.07) is -0.664. The maximum atomic E-state index is 12.3. The summed E-state index contributed by atoms with van der Waals surface area (Å²) >= 11 is 2.96. The molecular formula is C7H6BrF2N3O2. The van der Waals surface area contributed by atoms with Crippen LogP contribution < -0.4 is 5.73 Å². The van der Waals surface area contributed by atoms with Gasteiger partial charge in [-0.1, -0.05) is 0 Å². The van der Waals surface area contributed by atoms with Crippen LogP contribution in [0.1, 0.15) is 11.7 Å². The number of nitro groups is 1. The molecule has 82 valence electrons. The number of nitrogens with two attached hydrogens (primary N) is 1. The van der Waals surface area contributed by atoms with Crippen LogP contribution in [-0.4, -0.2) is 16.3 Å². The highest BCUT2D eigenvalue weighted by Gasteiger charge is 2.27. The second-order valence-corrected chi connectivity index (χ2v) is 3.59. The first kappa shape index (κ1) is 11.9. The molecule has 15 heavy (non-hydrogen) atoms. The van der Waals surface area contributed by atoms with Crippen LogP contribution in [0.3, 0.4) is 0 Å². The van der Waals surface area contributed by atoms with Gasteiger partial charge in [0.05, 0.1) is 4.92 Å². The van der Waals surface area contributed by atoms with Gasteiger partial charge in [0.2, 0.25) is 0 Å². The fourth-order valence-corrected chi connectivity index (χ4v) is 1.28. The average molecular weight is 282 g/mol. The van der Waals surface area contributed by atoms with Crippen molar-refractivity contribution in [1.82, 2.24) is 4.98 Å². The Morgan fingerprint density at radius 3 is 2.67 bits per heavy atom. The summed E-state index contributed by atoms with van der Waals surface area (Å²) in [4.78, 5) is 13.3. The summed E-state index contributed by atoms with van der Waals surface area (Å²) in [5, 5.41) is 10.5. The average Bonchev–Trinajstić information content (AvgIpc) is 2.16. The molecule has 0 aromatic carbocycles. The molecule has 0 bridgehead atoms. The first-order valence-electron chi connectivity index (χ1n) is 3.77. The van der Waals surface area contributed by atoms with Gasteiger partial charge in [0.25, 0.3) is 12.1 Å². The molecule has 0 amide bonds. The number of hydrogen-bond acceptors (Lipinski definition) is 4. The lowest BCUT2D eigenvalue weighted by molar-refractivity contribution is -0.386. The Balaban J connectivity index is 3.22. The summed E-state index contributed by atoms with van der Waals surface area (Å²) in [5.41, 5.74) is 4.16. The van der Waals surface area contributed by atoms with E-state index in [0.717, 1.165) is 6.07 Å². The van der Waals surface area contributed by atoms with E-state index in [4.69, 9.17) is 5.73 Å². The third kappa shape index (κ3) is 2.66. The minimum absolute atomic E-state index is 0.333. The number of rotatable bonds is 3. The van der Waals surface area contributed by atoms with Gasteiger partial charge in [-0.3, -0.25) is 15.1 Å². The van der Waals surface area contributed by atoms with Crippen LogP contribution in [0.2, 0.25) is 0 Å². The number of halogens is 3. The van der Waals surface area contributed by atoms with Gasteiger partial charge in [-0.05, 0) is 15.9 Å². The number of nitrogens with zero attached hydrogens (tertiary/aromatic N) is 2. The fourth-order valence-electron chi connectivity index (χ4n) is 0.962. The zero-order valence-corrected chi connectivity index (χ0v) is 8.82. The second-order valence-electron chi connectivity index (χ2n) is 2.68. The third-order valence-corrected chi connectivity index (χ3v) is 2.08. The topological polar surface area (TPSA) is 82.0 Å². The Morgan fingerprint density at radius 2 is 2.20 bits per heavy atom. The molecule has 2 N–H and O–H groups in total. The first-order valence-corrected chi connectivity index (χ1v) is 4.56. The molecule has 0 saturated heterocycles. The van der Waals surface area contributed by atoms with Crippen molar-refractivity contribution < 1.29 is 13.7 Å². The molecule has 0 aliphatic carbocycles. The molecule has 1 unspecified atom stereocenters. The van der Waals surface area contributed by atoms with Gasteiger partial charge < -0.3 is 5.73 Å². The van der Waals surface area contributed by atoms with Crippen molar-refractivity contribution in [3.05, 3.63) is 32.5 Å². The Kier molecular flexibility index (Phi) is 3.64. The van der Waals surface area contributed by atoms with Gasteiger partial charge in [-0.25, -0.2) is 8.78 Å². The summed E-state index contributed by atoms with van der Waals surface area (Å²) in [6.45, 7) is 0. The summed E-state index contributed by atoms with van der Waals surface area (Å²) < 4.78 is 24.9. The van der Waals surface area contributed by atoms with E-state index in [1.165, 1.54) is 6.20 Å². The smallest absolute Gasteiger partial charge is 0.293 e. The zero-order chi connectivity index (χ0) is 11.6. The predicted molar refractivity (Wildman–Crippen MR) is 51.5 cm³/mol. The Labute approximate surface area is 91.6 Å².